The number of hydrogen-bond acceptors (Lipinski definition) is 3. The van der Waals surface area contributed by atoms with Gasteiger partial charge in [0.25, 0.3) is 0 Å². The second-order valence-electron chi connectivity index (χ2n) is 4.12. The van der Waals surface area contributed by atoms with E-state index in [0.717, 1.165) is 12.8 Å². The van der Waals surface area contributed by atoms with Gasteiger partial charge in [-0.3, -0.25) is 4.79 Å². The van der Waals surface area contributed by atoms with Gasteiger partial charge in [-0.2, -0.15) is 0 Å². The molecule has 3 N–H and O–H groups in total. The second-order valence-corrected chi connectivity index (χ2v) is 4.52. The van der Waals surface area contributed by atoms with Crippen LogP contribution in [0, 0.1) is 5.92 Å². The number of amides is 1. The fourth-order valence-corrected chi connectivity index (χ4v) is 2.00. The summed E-state index contributed by atoms with van der Waals surface area (Å²) in [6, 6.07) is 5.04. The molecule has 2 rings (SSSR count). The maximum atomic E-state index is 12.0. The highest BCUT2D eigenvalue weighted by molar-refractivity contribution is 6.33. The summed E-state index contributed by atoms with van der Waals surface area (Å²) in [7, 11) is 0. The molecule has 92 valence electrons. The van der Waals surface area contributed by atoms with Crippen molar-refractivity contribution in [2.75, 3.05) is 24.3 Å². The van der Waals surface area contributed by atoms with E-state index < -0.39 is 0 Å². The first kappa shape index (κ1) is 12.2. The third-order valence-corrected chi connectivity index (χ3v) is 3.17. The number of nitrogens with two attached hydrogens (primary N) is 1. The van der Waals surface area contributed by atoms with E-state index in [1.165, 1.54) is 0 Å². The van der Waals surface area contributed by atoms with E-state index in [4.69, 9.17) is 22.1 Å². The van der Waals surface area contributed by atoms with Gasteiger partial charge in [0.15, 0.2) is 0 Å². The molecule has 0 unspecified atom stereocenters. The molecule has 1 amide bonds. The lowest BCUT2D eigenvalue weighted by molar-refractivity contribution is -0.122. The predicted molar refractivity (Wildman–Crippen MR) is 68.0 cm³/mol. The van der Waals surface area contributed by atoms with Gasteiger partial charge in [-0.05, 0) is 31.0 Å². The zero-order valence-electron chi connectivity index (χ0n) is 9.41. The Bertz CT molecular complexity index is 417. The van der Waals surface area contributed by atoms with E-state index in [1.54, 1.807) is 18.2 Å². The second kappa shape index (κ2) is 5.38. The lowest BCUT2D eigenvalue weighted by atomic mass is 9.99. The average molecular weight is 255 g/mol. The monoisotopic (exact) mass is 254 g/mol. The number of hydrogen-bond donors (Lipinski definition) is 2. The molecule has 1 aromatic carbocycles. The van der Waals surface area contributed by atoms with Crippen molar-refractivity contribution in [2.45, 2.75) is 12.8 Å². The van der Waals surface area contributed by atoms with Gasteiger partial charge < -0.3 is 15.8 Å². The van der Waals surface area contributed by atoms with Crippen molar-refractivity contribution >= 4 is 28.9 Å². The van der Waals surface area contributed by atoms with Gasteiger partial charge in [0, 0.05) is 24.8 Å². The Labute approximate surface area is 105 Å². The van der Waals surface area contributed by atoms with Crippen LogP contribution < -0.4 is 11.1 Å². The summed E-state index contributed by atoms with van der Waals surface area (Å²) >= 11 is 5.98. The first-order valence-electron chi connectivity index (χ1n) is 5.60. The summed E-state index contributed by atoms with van der Waals surface area (Å²) in [4.78, 5) is 12.0. The molecule has 0 aliphatic carbocycles. The molecule has 0 atom stereocenters. The van der Waals surface area contributed by atoms with Crippen molar-refractivity contribution in [3.8, 4) is 0 Å². The highest BCUT2D eigenvalue weighted by Crippen LogP contribution is 2.25. The van der Waals surface area contributed by atoms with E-state index in [-0.39, 0.29) is 11.8 Å². The summed E-state index contributed by atoms with van der Waals surface area (Å²) in [5.74, 6) is -0.0120. The van der Waals surface area contributed by atoms with Gasteiger partial charge in [-0.15, -0.1) is 0 Å². The minimum Gasteiger partial charge on any atom is -0.399 e. The Kier molecular flexibility index (Phi) is 3.86. The average Bonchev–Trinajstić information content (AvgIpc) is 2.35. The minimum absolute atomic E-state index is 0.00115. The highest BCUT2D eigenvalue weighted by atomic mass is 35.5. The fourth-order valence-electron chi connectivity index (χ4n) is 1.83. The topological polar surface area (TPSA) is 64.3 Å². The Hall–Kier alpha value is -1.26. The van der Waals surface area contributed by atoms with Crippen LogP contribution in [0.3, 0.4) is 0 Å². The largest absolute Gasteiger partial charge is 0.399 e. The Morgan fingerprint density at radius 1 is 1.41 bits per heavy atom. The van der Waals surface area contributed by atoms with Gasteiger partial charge in [-0.1, -0.05) is 11.6 Å². The molecule has 1 aliphatic heterocycles. The molecule has 1 aliphatic rings. The van der Waals surface area contributed by atoms with Crippen LogP contribution in [0.1, 0.15) is 12.8 Å². The van der Waals surface area contributed by atoms with Crippen molar-refractivity contribution in [2.24, 2.45) is 5.92 Å². The van der Waals surface area contributed by atoms with E-state index in [9.17, 15) is 4.79 Å². The number of nitrogen functional groups attached to an aromatic ring is 1. The van der Waals surface area contributed by atoms with Crippen LogP contribution in [-0.4, -0.2) is 19.1 Å². The molecule has 1 saturated heterocycles. The number of ether oxygens (including phenoxy) is 1. The first-order valence-corrected chi connectivity index (χ1v) is 5.98. The number of anilines is 2. The standard InChI is InChI=1S/C12H15ClN2O2/c13-10-2-1-9(14)7-11(10)15-12(16)8-3-5-17-6-4-8/h1-2,7-8H,3-6,14H2,(H,15,16). The molecule has 1 heterocycles. The minimum atomic E-state index is -0.0131. The van der Waals surface area contributed by atoms with Crippen LogP contribution in [-0.2, 0) is 9.53 Å². The third kappa shape index (κ3) is 3.11. The Balaban J connectivity index is 2.04. The summed E-state index contributed by atoms with van der Waals surface area (Å²) in [5.41, 5.74) is 6.80. The zero-order chi connectivity index (χ0) is 12.3. The third-order valence-electron chi connectivity index (χ3n) is 2.84. The van der Waals surface area contributed by atoms with Crippen molar-refractivity contribution in [1.82, 2.24) is 0 Å². The SMILES string of the molecule is Nc1ccc(Cl)c(NC(=O)C2CCOCC2)c1. The van der Waals surface area contributed by atoms with Gasteiger partial charge in [0.2, 0.25) is 5.91 Å². The lowest BCUT2D eigenvalue weighted by Crippen LogP contribution is -2.28. The number of halogens is 1. The molecule has 4 nitrogen and oxygen atoms in total. The quantitative estimate of drug-likeness (QED) is 0.796. The molecule has 5 heteroatoms. The van der Waals surface area contributed by atoms with Crippen LogP contribution >= 0.6 is 11.6 Å². The van der Waals surface area contributed by atoms with Crippen molar-refractivity contribution in [3.63, 3.8) is 0 Å². The number of rotatable bonds is 2. The molecular formula is C12H15ClN2O2. The molecule has 1 fully saturated rings. The van der Waals surface area contributed by atoms with Crippen LogP contribution in [0.4, 0.5) is 11.4 Å². The normalized spacial score (nSPS) is 16.8. The van der Waals surface area contributed by atoms with Crippen molar-refractivity contribution in [1.29, 1.82) is 0 Å². The summed E-state index contributed by atoms with van der Waals surface area (Å²) in [5, 5.41) is 3.31. The number of carbonyl (C=O) groups excluding carboxylic acids is 1. The van der Waals surface area contributed by atoms with Crippen LogP contribution in [0.25, 0.3) is 0 Å². The fraction of sp³-hybridized carbons (Fsp3) is 0.417. The Morgan fingerprint density at radius 2 is 2.12 bits per heavy atom. The molecule has 1 aromatic rings. The van der Waals surface area contributed by atoms with Crippen LogP contribution in [0.5, 0.6) is 0 Å². The number of benzene rings is 1. The van der Waals surface area contributed by atoms with Gasteiger partial charge in [0.1, 0.15) is 0 Å². The molecule has 0 spiro atoms. The van der Waals surface area contributed by atoms with E-state index in [2.05, 4.69) is 5.32 Å². The van der Waals surface area contributed by atoms with Gasteiger partial charge in [0.05, 0.1) is 10.7 Å². The molecule has 0 bridgehead atoms. The molecule has 0 radical (unpaired) electrons. The van der Waals surface area contributed by atoms with Crippen LogP contribution in [0.15, 0.2) is 18.2 Å². The smallest absolute Gasteiger partial charge is 0.227 e. The van der Waals surface area contributed by atoms with E-state index >= 15 is 0 Å². The van der Waals surface area contributed by atoms with E-state index in [1.807, 2.05) is 0 Å². The summed E-state index contributed by atoms with van der Waals surface area (Å²) in [6.45, 7) is 1.28. The highest BCUT2D eigenvalue weighted by Gasteiger charge is 2.22. The van der Waals surface area contributed by atoms with Crippen LogP contribution in [0.2, 0.25) is 5.02 Å². The summed E-state index contributed by atoms with van der Waals surface area (Å²) in [6.07, 6.45) is 1.51. The summed E-state index contributed by atoms with van der Waals surface area (Å²) < 4.78 is 5.22. The molecule has 0 saturated carbocycles. The maximum absolute atomic E-state index is 12.0. The molecular weight excluding hydrogens is 240 g/mol. The van der Waals surface area contributed by atoms with Crippen molar-refractivity contribution in [3.05, 3.63) is 23.2 Å². The van der Waals surface area contributed by atoms with Gasteiger partial charge >= 0.3 is 0 Å². The maximum Gasteiger partial charge on any atom is 0.227 e. The predicted octanol–water partition coefficient (Wildman–Crippen LogP) is 2.29. The first-order chi connectivity index (χ1) is 8.16. The number of carbonyl (C=O) groups is 1. The lowest BCUT2D eigenvalue weighted by Gasteiger charge is -2.21. The number of nitrogens with one attached hydrogen (secondary N) is 1. The Morgan fingerprint density at radius 3 is 2.82 bits per heavy atom. The van der Waals surface area contributed by atoms with E-state index in [0.29, 0.717) is 29.6 Å². The van der Waals surface area contributed by atoms with Crippen molar-refractivity contribution < 1.29 is 9.53 Å². The molecule has 17 heavy (non-hydrogen) atoms. The molecule has 0 aromatic heterocycles. The van der Waals surface area contributed by atoms with Gasteiger partial charge in [-0.25, -0.2) is 0 Å². The zero-order valence-corrected chi connectivity index (χ0v) is 10.2.